The number of nitrogens with one attached hydrogen (secondary N) is 1. The molecule has 0 aliphatic rings. The monoisotopic (exact) mass is 469 g/mol. The molecule has 0 spiro atoms. The number of halogens is 2. The minimum atomic E-state index is -0.378. The van der Waals surface area contributed by atoms with Gasteiger partial charge in [0.15, 0.2) is 5.78 Å². The number of carbonyl (C=O) groups is 2. The second kappa shape index (κ2) is 9.54. The van der Waals surface area contributed by atoms with Crippen LogP contribution in [0.5, 0.6) is 5.75 Å². The van der Waals surface area contributed by atoms with Gasteiger partial charge in [-0.2, -0.15) is 0 Å². The molecule has 3 aromatic carbocycles. The highest BCUT2D eigenvalue weighted by molar-refractivity contribution is 9.10. The molecule has 0 unspecified atom stereocenters. The van der Waals surface area contributed by atoms with Gasteiger partial charge in [0.2, 0.25) is 5.91 Å². The van der Waals surface area contributed by atoms with Gasteiger partial charge in [-0.25, -0.2) is 0 Å². The summed E-state index contributed by atoms with van der Waals surface area (Å²) >= 11 is 9.48. The van der Waals surface area contributed by atoms with Crippen molar-refractivity contribution in [3.05, 3.63) is 99.0 Å². The van der Waals surface area contributed by atoms with E-state index in [4.69, 9.17) is 16.3 Å². The molecule has 6 heteroatoms. The van der Waals surface area contributed by atoms with E-state index in [9.17, 15) is 9.59 Å². The molecular formula is C23H17BrClNO3. The van der Waals surface area contributed by atoms with Crippen LogP contribution in [0.1, 0.15) is 21.5 Å². The summed E-state index contributed by atoms with van der Waals surface area (Å²) in [5.41, 5.74) is 1.97. The van der Waals surface area contributed by atoms with Crippen LogP contribution < -0.4 is 10.1 Å². The van der Waals surface area contributed by atoms with E-state index in [0.717, 1.165) is 10.0 Å². The number of amides is 1. The SMILES string of the molecule is COc1ccc(Br)cc1/C=C/C(=O)Nc1ccc(Cl)cc1C(=O)c1ccccc1. The maximum absolute atomic E-state index is 12.9. The Morgan fingerprint density at radius 3 is 2.52 bits per heavy atom. The molecular weight excluding hydrogens is 454 g/mol. The van der Waals surface area contributed by atoms with Crippen LogP contribution in [-0.4, -0.2) is 18.8 Å². The number of hydrogen-bond donors (Lipinski definition) is 1. The van der Waals surface area contributed by atoms with E-state index in [2.05, 4.69) is 21.2 Å². The molecule has 0 saturated carbocycles. The van der Waals surface area contributed by atoms with E-state index in [1.54, 1.807) is 61.7 Å². The largest absolute Gasteiger partial charge is 0.496 e. The summed E-state index contributed by atoms with van der Waals surface area (Å²) in [6.45, 7) is 0. The van der Waals surface area contributed by atoms with Gasteiger partial charge in [0, 0.05) is 32.3 Å². The third-order valence-electron chi connectivity index (χ3n) is 4.13. The van der Waals surface area contributed by atoms with Crippen LogP contribution in [0.2, 0.25) is 5.02 Å². The van der Waals surface area contributed by atoms with Gasteiger partial charge in [0.25, 0.3) is 0 Å². The molecule has 0 aromatic heterocycles. The maximum Gasteiger partial charge on any atom is 0.248 e. The predicted molar refractivity (Wildman–Crippen MR) is 120 cm³/mol. The first-order valence-electron chi connectivity index (χ1n) is 8.70. The minimum absolute atomic E-state index is 0.221. The van der Waals surface area contributed by atoms with Crippen LogP contribution in [0.3, 0.4) is 0 Å². The molecule has 29 heavy (non-hydrogen) atoms. The van der Waals surface area contributed by atoms with E-state index in [1.807, 2.05) is 18.2 Å². The van der Waals surface area contributed by atoms with Gasteiger partial charge in [-0.15, -0.1) is 0 Å². The Morgan fingerprint density at radius 1 is 1.03 bits per heavy atom. The van der Waals surface area contributed by atoms with Crippen LogP contribution >= 0.6 is 27.5 Å². The van der Waals surface area contributed by atoms with E-state index in [1.165, 1.54) is 6.08 Å². The van der Waals surface area contributed by atoms with Gasteiger partial charge in [0.1, 0.15) is 5.75 Å². The molecule has 0 atom stereocenters. The van der Waals surface area contributed by atoms with Crippen LogP contribution in [0.4, 0.5) is 5.69 Å². The second-order valence-electron chi connectivity index (χ2n) is 6.09. The summed E-state index contributed by atoms with van der Waals surface area (Å²) in [5.74, 6) is 0.0428. The maximum atomic E-state index is 12.9. The Kier molecular flexibility index (Phi) is 6.86. The molecule has 1 amide bonds. The van der Waals surface area contributed by atoms with Gasteiger partial charge < -0.3 is 10.1 Å². The molecule has 3 aromatic rings. The Labute approximate surface area is 182 Å². The summed E-state index contributed by atoms with van der Waals surface area (Å²) < 4.78 is 6.17. The number of ketones is 1. The van der Waals surface area contributed by atoms with Crippen LogP contribution in [0.25, 0.3) is 6.08 Å². The average Bonchev–Trinajstić information content (AvgIpc) is 2.73. The van der Waals surface area contributed by atoms with Gasteiger partial charge in [-0.1, -0.05) is 57.9 Å². The quantitative estimate of drug-likeness (QED) is 0.355. The average molecular weight is 471 g/mol. The lowest BCUT2D eigenvalue weighted by molar-refractivity contribution is -0.111. The minimum Gasteiger partial charge on any atom is -0.496 e. The van der Waals surface area contributed by atoms with Crippen molar-refractivity contribution in [2.75, 3.05) is 12.4 Å². The van der Waals surface area contributed by atoms with Crippen molar-refractivity contribution in [3.8, 4) is 5.75 Å². The van der Waals surface area contributed by atoms with E-state index >= 15 is 0 Å². The number of carbonyl (C=O) groups excluding carboxylic acids is 2. The number of ether oxygens (including phenoxy) is 1. The van der Waals surface area contributed by atoms with Crippen molar-refractivity contribution >= 4 is 51.0 Å². The zero-order valence-electron chi connectivity index (χ0n) is 15.5. The fraction of sp³-hybridized carbons (Fsp3) is 0.0435. The van der Waals surface area contributed by atoms with Crippen LogP contribution in [0, 0.1) is 0 Å². The Balaban J connectivity index is 1.84. The molecule has 0 radical (unpaired) electrons. The normalized spacial score (nSPS) is 10.7. The fourth-order valence-electron chi connectivity index (χ4n) is 2.73. The Morgan fingerprint density at radius 2 is 1.79 bits per heavy atom. The highest BCUT2D eigenvalue weighted by Crippen LogP contribution is 2.25. The summed E-state index contributed by atoms with van der Waals surface area (Å²) in [7, 11) is 1.57. The van der Waals surface area contributed by atoms with Gasteiger partial charge in [-0.3, -0.25) is 9.59 Å². The highest BCUT2D eigenvalue weighted by atomic mass is 79.9. The van der Waals surface area contributed by atoms with Gasteiger partial charge >= 0.3 is 0 Å². The van der Waals surface area contributed by atoms with Crippen molar-refractivity contribution in [2.24, 2.45) is 0 Å². The second-order valence-corrected chi connectivity index (χ2v) is 7.45. The molecule has 0 saturated heterocycles. The number of benzene rings is 3. The lowest BCUT2D eigenvalue weighted by Gasteiger charge is -2.10. The highest BCUT2D eigenvalue weighted by Gasteiger charge is 2.15. The third-order valence-corrected chi connectivity index (χ3v) is 4.85. The molecule has 0 fully saturated rings. The van der Waals surface area contributed by atoms with Crippen molar-refractivity contribution < 1.29 is 14.3 Å². The van der Waals surface area contributed by atoms with Crippen LogP contribution in [0.15, 0.2) is 77.3 Å². The molecule has 0 heterocycles. The molecule has 0 aliphatic heterocycles. The van der Waals surface area contributed by atoms with Crippen molar-refractivity contribution in [1.29, 1.82) is 0 Å². The van der Waals surface area contributed by atoms with E-state index in [-0.39, 0.29) is 11.7 Å². The lowest BCUT2D eigenvalue weighted by Crippen LogP contribution is -2.12. The summed E-state index contributed by atoms with van der Waals surface area (Å²) in [4.78, 5) is 25.3. The van der Waals surface area contributed by atoms with Crippen LogP contribution in [-0.2, 0) is 4.79 Å². The smallest absolute Gasteiger partial charge is 0.248 e. The lowest BCUT2D eigenvalue weighted by atomic mass is 10.0. The van der Waals surface area contributed by atoms with Gasteiger partial charge in [0.05, 0.1) is 12.8 Å². The fourth-order valence-corrected chi connectivity index (χ4v) is 3.28. The molecule has 3 rings (SSSR count). The summed E-state index contributed by atoms with van der Waals surface area (Å²) in [6.07, 6.45) is 3.03. The molecule has 0 aliphatic carbocycles. The first-order chi connectivity index (χ1) is 14.0. The van der Waals surface area contributed by atoms with E-state index < -0.39 is 0 Å². The Bertz CT molecular complexity index is 1080. The zero-order chi connectivity index (χ0) is 20.8. The van der Waals surface area contributed by atoms with Gasteiger partial charge in [-0.05, 0) is 42.5 Å². The number of hydrogen-bond acceptors (Lipinski definition) is 3. The molecule has 1 N–H and O–H groups in total. The number of anilines is 1. The first-order valence-corrected chi connectivity index (χ1v) is 9.87. The van der Waals surface area contributed by atoms with Crippen molar-refractivity contribution in [3.63, 3.8) is 0 Å². The van der Waals surface area contributed by atoms with E-state index in [0.29, 0.717) is 27.6 Å². The summed E-state index contributed by atoms with van der Waals surface area (Å²) in [5, 5.41) is 3.17. The summed E-state index contributed by atoms with van der Waals surface area (Å²) in [6, 6.07) is 19.1. The molecule has 4 nitrogen and oxygen atoms in total. The first kappa shape index (κ1) is 20.8. The number of rotatable bonds is 6. The Hall–Kier alpha value is -2.89. The van der Waals surface area contributed by atoms with Crippen molar-refractivity contribution in [2.45, 2.75) is 0 Å². The third kappa shape index (κ3) is 5.34. The molecule has 0 bridgehead atoms. The molecule has 146 valence electrons. The van der Waals surface area contributed by atoms with Crippen molar-refractivity contribution in [1.82, 2.24) is 0 Å². The zero-order valence-corrected chi connectivity index (χ0v) is 17.8. The standard InChI is InChI=1S/C23H17BrClNO3/c1-29-21-11-8-17(24)13-16(21)7-12-22(27)26-20-10-9-18(25)14-19(20)23(28)15-5-3-2-4-6-15/h2-14H,1H3,(H,26,27)/b12-7+. The predicted octanol–water partition coefficient (Wildman–Crippen LogP) is 5.99. The number of methoxy groups -OCH3 is 1. The topological polar surface area (TPSA) is 55.4 Å².